The van der Waals surface area contributed by atoms with Crippen molar-refractivity contribution in [3.63, 3.8) is 0 Å². The number of nitrogens with zero attached hydrogens (tertiary/aromatic N) is 4. The first-order valence-corrected chi connectivity index (χ1v) is 9.08. The highest BCUT2D eigenvalue weighted by Gasteiger charge is 2.29. The van der Waals surface area contributed by atoms with Gasteiger partial charge in [0.05, 0.1) is 4.92 Å². The van der Waals surface area contributed by atoms with E-state index in [1.54, 1.807) is 0 Å². The van der Waals surface area contributed by atoms with Crippen LogP contribution in [0, 0.1) is 10.1 Å². The Balaban J connectivity index is 1.91. The molecule has 3 rings (SSSR count). The van der Waals surface area contributed by atoms with Crippen LogP contribution in [-0.2, 0) is 0 Å². The molecular weight excluding hydrogens is 332 g/mol. The Morgan fingerprint density at radius 2 is 1.73 bits per heavy atom. The summed E-state index contributed by atoms with van der Waals surface area (Å²) in [5.74, 6) is 1.27. The van der Waals surface area contributed by atoms with Crippen LogP contribution in [0.25, 0.3) is 0 Å². The number of ether oxygens (including phenoxy) is 1. The molecule has 0 spiro atoms. The second-order valence-corrected chi connectivity index (χ2v) is 6.84. The standard InChI is InChI=1S/C19H24N4O3/c1-14(2)15-7-9-16(10-8-15)26-19-17(23(24)25)18(20-13-21-19)22-11-5-3-4-6-12-22/h7-10,13-14H,3-6,11-12H2,1-2H3. The predicted octanol–water partition coefficient (Wildman–Crippen LogP) is 4.68. The minimum absolute atomic E-state index is 0.0125. The first-order valence-electron chi connectivity index (χ1n) is 9.08. The molecule has 1 saturated heterocycles. The van der Waals surface area contributed by atoms with Crippen LogP contribution in [0.5, 0.6) is 11.6 Å². The topological polar surface area (TPSA) is 81.4 Å². The van der Waals surface area contributed by atoms with Gasteiger partial charge in [-0.2, -0.15) is 4.98 Å². The van der Waals surface area contributed by atoms with Crippen LogP contribution >= 0.6 is 0 Å². The van der Waals surface area contributed by atoms with Crippen molar-refractivity contribution in [3.05, 3.63) is 46.3 Å². The lowest BCUT2D eigenvalue weighted by atomic mass is 10.0. The van der Waals surface area contributed by atoms with Gasteiger partial charge >= 0.3 is 11.6 Å². The van der Waals surface area contributed by atoms with Crippen LogP contribution in [0.15, 0.2) is 30.6 Å². The summed E-state index contributed by atoms with van der Waals surface area (Å²) >= 11 is 0. The smallest absolute Gasteiger partial charge is 0.373 e. The molecule has 1 aliphatic rings. The second-order valence-electron chi connectivity index (χ2n) is 6.84. The molecule has 7 nitrogen and oxygen atoms in total. The van der Waals surface area contributed by atoms with Crippen LogP contribution < -0.4 is 9.64 Å². The zero-order chi connectivity index (χ0) is 18.5. The summed E-state index contributed by atoms with van der Waals surface area (Å²) in [7, 11) is 0. The molecule has 2 heterocycles. The van der Waals surface area contributed by atoms with Crippen LogP contribution in [0.4, 0.5) is 11.5 Å². The quantitative estimate of drug-likeness (QED) is 0.571. The fourth-order valence-corrected chi connectivity index (χ4v) is 3.13. The molecule has 7 heteroatoms. The normalized spacial score (nSPS) is 15.0. The molecule has 0 unspecified atom stereocenters. The third-order valence-corrected chi connectivity index (χ3v) is 4.62. The van der Waals surface area contributed by atoms with E-state index in [0.29, 0.717) is 17.5 Å². The maximum absolute atomic E-state index is 11.7. The van der Waals surface area contributed by atoms with Gasteiger partial charge in [-0.3, -0.25) is 10.1 Å². The van der Waals surface area contributed by atoms with E-state index in [-0.39, 0.29) is 11.6 Å². The van der Waals surface area contributed by atoms with Gasteiger partial charge in [-0.05, 0) is 36.5 Å². The van der Waals surface area contributed by atoms with Crippen molar-refractivity contribution in [1.82, 2.24) is 9.97 Å². The molecule has 0 saturated carbocycles. The summed E-state index contributed by atoms with van der Waals surface area (Å²) in [6, 6.07) is 7.55. The minimum atomic E-state index is -0.446. The minimum Gasteiger partial charge on any atom is -0.434 e. The fraction of sp³-hybridized carbons (Fsp3) is 0.474. The molecule has 26 heavy (non-hydrogen) atoms. The van der Waals surface area contributed by atoms with Gasteiger partial charge in [0.25, 0.3) is 0 Å². The summed E-state index contributed by atoms with van der Waals surface area (Å²) < 4.78 is 5.75. The lowest BCUT2D eigenvalue weighted by Crippen LogP contribution is -2.26. The molecule has 138 valence electrons. The highest BCUT2D eigenvalue weighted by Crippen LogP contribution is 2.37. The van der Waals surface area contributed by atoms with Crippen molar-refractivity contribution in [2.45, 2.75) is 45.4 Å². The number of hydrogen-bond acceptors (Lipinski definition) is 6. The zero-order valence-electron chi connectivity index (χ0n) is 15.2. The molecule has 0 amide bonds. The van der Waals surface area contributed by atoms with Gasteiger partial charge in [-0.15, -0.1) is 0 Å². The van der Waals surface area contributed by atoms with Gasteiger partial charge < -0.3 is 9.64 Å². The van der Waals surface area contributed by atoms with E-state index >= 15 is 0 Å². The molecular formula is C19H24N4O3. The Morgan fingerprint density at radius 1 is 1.08 bits per heavy atom. The van der Waals surface area contributed by atoms with Crippen LogP contribution in [-0.4, -0.2) is 28.0 Å². The maximum Gasteiger partial charge on any atom is 0.373 e. The van der Waals surface area contributed by atoms with E-state index in [2.05, 4.69) is 23.8 Å². The molecule has 0 N–H and O–H groups in total. The summed E-state index contributed by atoms with van der Waals surface area (Å²) in [6.07, 6.45) is 5.63. The maximum atomic E-state index is 11.7. The van der Waals surface area contributed by atoms with E-state index in [0.717, 1.165) is 38.8 Å². The summed E-state index contributed by atoms with van der Waals surface area (Å²) in [5, 5.41) is 11.7. The first kappa shape index (κ1) is 18.1. The Morgan fingerprint density at radius 3 is 2.31 bits per heavy atom. The molecule has 1 aromatic heterocycles. The highest BCUT2D eigenvalue weighted by atomic mass is 16.6. The number of nitro groups is 1. The van der Waals surface area contributed by atoms with Crippen molar-refractivity contribution in [2.24, 2.45) is 0 Å². The molecule has 0 bridgehead atoms. The average molecular weight is 356 g/mol. The Kier molecular flexibility index (Phi) is 5.65. The Bertz CT molecular complexity index is 754. The summed E-state index contributed by atoms with van der Waals surface area (Å²) in [4.78, 5) is 21.5. The molecule has 1 fully saturated rings. The third-order valence-electron chi connectivity index (χ3n) is 4.62. The monoisotopic (exact) mass is 356 g/mol. The third kappa shape index (κ3) is 4.09. The second kappa shape index (κ2) is 8.12. The van der Waals surface area contributed by atoms with E-state index < -0.39 is 4.92 Å². The van der Waals surface area contributed by atoms with Crippen LogP contribution in [0.1, 0.15) is 51.0 Å². The lowest BCUT2D eigenvalue weighted by molar-refractivity contribution is -0.385. The molecule has 0 atom stereocenters. The Labute approximate surface area is 153 Å². The van der Waals surface area contributed by atoms with Crippen LogP contribution in [0.2, 0.25) is 0 Å². The largest absolute Gasteiger partial charge is 0.434 e. The number of hydrogen-bond donors (Lipinski definition) is 0. The molecule has 0 aliphatic carbocycles. The summed E-state index contributed by atoms with van der Waals surface area (Å²) in [5.41, 5.74) is 1.02. The number of rotatable bonds is 5. The van der Waals surface area contributed by atoms with Crippen LogP contribution in [0.3, 0.4) is 0 Å². The van der Waals surface area contributed by atoms with Gasteiger partial charge in [-0.1, -0.05) is 38.8 Å². The number of anilines is 1. The molecule has 2 aromatic rings. The van der Waals surface area contributed by atoms with Gasteiger partial charge in [0, 0.05) is 13.1 Å². The van der Waals surface area contributed by atoms with E-state index in [9.17, 15) is 10.1 Å². The fourth-order valence-electron chi connectivity index (χ4n) is 3.13. The van der Waals surface area contributed by atoms with Crippen molar-refractivity contribution >= 4 is 11.5 Å². The van der Waals surface area contributed by atoms with Crippen molar-refractivity contribution in [2.75, 3.05) is 18.0 Å². The first-order chi connectivity index (χ1) is 12.6. The highest BCUT2D eigenvalue weighted by molar-refractivity contribution is 5.63. The van der Waals surface area contributed by atoms with E-state index in [1.165, 1.54) is 11.9 Å². The number of benzene rings is 1. The van der Waals surface area contributed by atoms with Gasteiger partial charge in [0.2, 0.25) is 5.82 Å². The van der Waals surface area contributed by atoms with E-state index in [1.807, 2.05) is 29.2 Å². The van der Waals surface area contributed by atoms with Crippen molar-refractivity contribution < 1.29 is 9.66 Å². The van der Waals surface area contributed by atoms with Gasteiger partial charge in [0.1, 0.15) is 12.1 Å². The molecule has 1 aromatic carbocycles. The van der Waals surface area contributed by atoms with Gasteiger partial charge in [-0.25, -0.2) is 4.98 Å². The SMILES string of the molecule is CC(C)c1ccc(Oc2ncnc(N3CCCCCC3)c2[N+](=O)[O-])cc1. The predicted molar refractivity (Wildman–Crippen MR) is 100.0 cm³/mol. The average Bonchev–Trinajstić information content (AvgIpc) is 2.91. The lowest BCUT2D eigenvalue weighted by Gasteiger charge is -2.21. The summed E-state index contributed by atoms with van der Waals surface area (Å²) in [6.45, 7) is 5.75. The Hall–Kier alpha value is -2.70. The van der Waals surface area contributed by atoms with Crippen molar-refractivity contribution in [3.8, 4) is 11.6 Å². The van der Waals surface area contributed by atoms with Crippen molar-refractivity contribution in [1.29, 1.82) is 0 Å². The zero-order valence-corrected chi connectivity index (χ0v) is 15.2. The molecule has 1 aliphatic heterocycles. The number of aromatic nitrogens is 2. The van der Waals surface area contributed by atoms with Gasteiger partial charge in [0.15, 0.2) is 0 Å². The van der Waals surface area contributed by atoms with E-state index in [4.69, 9.17) is 4.74 Å². The molecule has 0 radical (unpaired) electrons.